The third-order valence-electron chi connectivity index (χ3n) is 2.77. The van der Waals surface area contributed by atoms with Gasteiger partial charge in [0, 0.05) is 0 Å². The molecule has 0 aromatic heterocycles. The summed E-state index contributed by atoms with van der Waals surface area (Å²) >= 11 is 0. The fourth-order valence-corrected chi connectivity index (χ4v) is 1.81. The Morgan fingerprint density at radius 3 is 1.94 bits per heavy atom. The number of carbonyl (C=O) groups excluding carboxylic acids is 2. The van der Waals surface area contributed by atoms with Crippen molar-refractivity contribution in [3.8, 4) is 0 Å². The van der Waals surface area contributed by atoms with E-state index in [1.165, 1.54) is 14.2 Å². The van der Waals surface area contributed by atoms with Crippen LogP contribution < -0.4 is 0 Å². The van der Waals surface area contributed by atoms with Crippen LogP contribution in [0.4, 0.5) is 0 Å². The Hall–Kier alpha value is -1.84. The molecule has 4 nitrogen and oxygen atoms in total. The van der Waals surface area contributed by atoms with Gasteiger partial charge in [0.15, 0.2) is 0 Å². The number of rotatable bonds is 5. The highest BCUT2D eigenvalue weighted by Gasteiger charge is 2.19. The lowest BCUT2D eigenvalue weighted by Gasteiger charge is -2.11. The van der Waals surface area contributed by atoms with Gasteiger partial charge < -0.3 is 9.47 Å². The molecule has 0 unspecified atom stereocenters. The monoisotopic (exact) mass is 250 g/mol. The predicted molar refractivity (Wildman–Crippen MR) is 67.7 cm³/mol. The van der Waals surface area contributed by atoms with Crippen LogP contribution in [0, 0.1) is 0 Å². The maximum Gasteiger partial charge on any atom is 0.338 e. The van der Waals surface area contributed by atoms with E-state index in [2.05, 4.69) is 6.92 Å². The molecule has 0 radical (unpaired) electrons. The predicted octanol–water partition coefficient (Wildman–Crippen LogP) is 2.60. The van der Waals surface area contributed by atoms with Crippen molar-refractivity contribution in [2.45, 2.75) is 26.2 Å². The summed E-state index contributed by atoms with van der Waals surface area (Å²) in [6.07, 6.45) is 2.54. The summed E-state index contributed by atoms with van der Waals surface area (Å²) in [4.78, 5) is 23.4. The van der Waals surface area contributed by atoms with Gasteiger partial charge in [-0.2, -0.15) is 0 Å². The molecule has 0 saturated heterocycles. The van der Waals surface area contributed by atoms with E-state index in [1.54, 1.807) is 18.2 Å². The van der Waals surface area contributed by atoms with Gasteiger partial charge in [-0.1, -0.05) is 19.4 Å². The number of esters is 2. The number of hydrogen-bond acceptors (Lipinski definition) is 4. The Balaban J connectivity index is 3.25. The maximum absolute atomic E-state index is 11.7. The molecule has 1 rings (SSSR count). The first-order chi connectivity index (χ1) is 8.65. The van der Waals surface area contributed by atoms with Gasteiger partial charge in [0.1, 0.15) is 0 Å². The first-order valence-corrected chi connectivity index (χ1v) is 5.94. The molecule has 0 N–H and O–H groups in total. The van der Waals surface area contributed by atoms with Crippen molar-refractivity contribution < 1.29 is 19.1 Å². The molecule has 1 aromatic rings. The molecule has 0 heterocycles. The van der Waals surface area contributed by atoms with Gasteiger partial charge in [-0.3, -0.25) is 0 Å². The van der Waals surface area contributed by atoms with Crippen LogP contribution in [0.25, 0.3) is 0 Å². The molecule has 0 fully saturated rings. The zero-order valence-corrected chi connectivity index (χ0v) is 11.0. The summed E-state index contributed by atoms with van der Waals surface area (Å²) in [5, 5.41) is 0. The van der Waals surface area contributed by atoms with E-state index in [9.17, 15) is 9.59 Å². The molecule has 1 aromatic carbocycles. The Labute approximate surface area is 107 Å². The van der Waals surface area contributed by atoms with Gasteiger partial charge >= 0.3 is 11.9 Å². The molecule has 0 bridgehead atoms. The average molecular weight is 250 g/mol. The standard InChI is InChI=1S/C14H18O4/c1-4-5-7-10-11(13(15)17-2)8-6-9-12(10)14(16)18-3/h6,8-9H,4-5,7H2,1-3H3. The molecule has 0 atom stereocenters. The normalized spacial score (nSPS) is 9.94. The van der Waals surface area contributed by atoms with Crippen molar-refractivity contribution in [3.63, 3.8) is 0 Å². The van der Waals surface area contributed by atoms with Crippen LogP contribution in [0.15, 0.2) is 18.2 Å². The Morgan fingerprint density at radius 1 is 1.06 bits per heavy atom. The van der Waals surface area contributed by atoms with Crippen LogP contribution in [-0.2, 0) is 15.9 Å². The smallest absolute Gasteiger partial charge is 0.338 e. The molecular weight excluding hydrogens is 232 g/mol. The van der Waals surface area contributed by atoms with Crippen LogP contribution in [0.5, 0.6) is 0 Å². The third-order valence-corrected chi connectivity index (χ3v) is 2.77. The third kappa shape index (κ3) is 3.09. The van der Waals surface area contributed by atoms with E-state index in [-0.39, 0.29) is 0 Å². The van der Waals surface area contributed by atoms with E-state index >= 15 is 0 Å². The minimum Gasteiger partial charge on any atom is -0.465 e. The summed E-state index contributed by atoms with van der Waals surface area (Å²) in [6.45, 7) is 2.05. The number of carbonyl (C=O) groups is 2. The zero-order chi connectivity index (χ0) is 13.5. The Bertz CT molecular complexity index is 403. The van der Waals surface area contributed by atoms with Crippen molar-refractivity contribution in [3.05, 3.63) is 34.9 Å². The quantitative estimate of drug-likeness (QED) is 0.754. The van der Waals surface area contributed by atoms with Gasteiger partial charge in [0.2, 0.25) is 0 Å². The van der Waals surface area contributed by atoms with Crippen molar-refractivity contribution in [2.75, 3.05) is 14.2 Å². The molecular formula is C14H18O4. The van der Waals surface area contributed by atoms with Crippen LogP contribution in [-0.4, -0.2) is 26.2 Å². The lowest BCUT2D eigenvalue weighted by atomic mass is 9.96. The molecule has 0 saturated carbocycles. The summed E-state index contributed by atoms with van der Waals surface area (Å²) < 4.78 is 9.47. The first kappa shape index (κ1) is 14.2. The van der Waals surface area contributed by atoms with Crippen molar-refractivity contribution in [1.82, 2.24) is 0 Å². The molecule has 4 heteroatoms. The lowest BCUT2D eigenvalue weighted by molar-refractivity contribution is 0.0596. The molecule has 0 aliphatic carbocycles. The SMILES string of the molecule is CCCCc1c(C(=O)OC)cccc1C(=O)OC. The second kappa shape index (κ2) is 6.79. The molecule has 0 aliphatic heterocycles. The number of hydrogen-bond donors (Lipinski definition) is 0. The maximum atomic E-state index is 11.7. The summed E-state index contributed by atoms with van der Waals surface area (Å²) in [7, 11) is 2.66. The van der Waals surface area contributed by atoms with Crippen molar-refractivity contribution >= 4 is 11.9 Å². The molecule has 18 heavy (non-hydrogen) atoms. The summed E-state index contributed by atoms with van der Waals surface area (Å²) in [5.41, 5.74) is 1.58. The van der Waals surface area contributed by atoms with Gasteiger partial charge in [-0.15, -0.1) is 0 Å². The van der Waals surface area contributed by atoms with Crippen molar-refractivity contribution in [1.29, 1.82) is 0 Å². The zero-order valence-electron chi connectivity index (χ0n) is 11.0. The first-order valence-electron chi connectivity index (χ1n) is 5.94. The van der Waals surface area contributed by atoms with Crippen molar-refractivity contribution in [2.24, 2.45) is 0 Å². The average Bonchev–Trinajstić information content (AvgIpc) is 2.42. The number of ether oxygens (including phenoxy) is 2. The van der Waals surface area contributed by atoms with Crippen LogP contribution in [0.2, 0.25) is 0 Å². The highest BCUT2D eigenvalue weighted by molar-refractivity contribution is 5.98. The molecule has 0 amide bonds. The van der Waals surface area contributed by atoms with Crippen LogP contribution >= 0.6 is 0 Å². The second-order valence-corrected chi connectivity index (χ2v) is 3.92. The van der Waals surface area contributed by atoms with Gasteiger partial charge in [0.05, 0.1) is 25.3 Å². The Morgan fingerprint density at radius 2 is 1.56 bits per heavy atom. The van der Waals surface area contributed by atoms with Crippen LogP contribution in [0.1, 0.15) is 46.0 Å². The molecule has 0 spiro atoms. The van der Waals surface area contributed by atoms with Crippen LogP contribution in [0.3, 0.4) is 0 Å². The highest BCUT2D eigenvalue weighted by atomic mass is 16.5. The number of unbranched alkanes of at least 4 members (excludes halogenated alkanes) is 1. The van der Waals surface area contributed by atoms with E-state index < -0.39 is 11.9 Å². The summed E-state index contributed by atoms with van der Waals surface area (Å²) in [5.74, 6) is -0.848. The fourth-order valence-electron chi connectivity index (χ4n) is 1.81. The van der Waals surface area contributed by atoms with E-state index in [0.29, 0.717) is 23.1 Å². The van der Waals surface area contributed by atoms with E-state index in [1.807, 2.05) is 0 Å². The molecule has 0 aliphatic rings. The Kier molecular flexibility index (Phi) is 5.36. The fraction of sp³-hybridized carbons (Fsp3) is 0.429. The minimum atomic E-state index is -0.424. The highest BCUT2D eigenvalue weighted by Crippen LogP contribution is 2.19. The topological polar surface area (TPSA) is 52.6 Å². The van der Waals surface area contributed by atoms with Gasteiger partial charge in [-0.05, 0) is 30.5 Å². The van der Waals surface area contributed by atoms with E-state index in [0.717, 1.165) is 12.8 Å². The minimum absolute atomic E-state index is 0.424. The largest absolute Gasteiger partial charge is 0.465 e. The second-order valence-electron chi connectivity index (χ2n) is 3.92. The lowest BCUT2D eigenvalue weighted by Crippen LogP contribution is -2.12. The summed E-state index contributed by atoms with van der Waals surface area (Å²) in [6, 6.07) is 5.00. The molecule has 98 valence electrons. The van der Waals surface area contributed by atoms with Gasteiger partial charge in [0.25, 0.3) is 0 Å². The number of methoxy groups -OCH3 is 2. The van der Waals surface area contributed by atoms with E-state index in [4.69, 9.17) is 9.47 Å². The number of benzene rings is 1. The van der Waals surface area contributed by atoms with Gasteiger partial charge in [-0.25, -0.2) is 9.59 Å².